The minimum atomic E-state index is 0.488. The minimum Gasteiger partial charge on any atom is -0.382 e. The second-order valence-corrected chi connectivity index (χ2v) is 8.46. The van der Waals surface area contributed by atoms with Crippen LogP contribution in [-0.4, -0.2) is 12.3 Å². The first kappa shape index (κ1) is 19.2. The van der Waals surface area contributed by atoms with E-state index in [1.165, 1.54) is 29.7 Å². The third kappa shape index (κ3) is 4.60. The summed E-state index contributed by atoms with van der Waals surface area (Å²) >= 11 is 0. The number of hydrogen-bond donors (Lipinski definition) is 2. The highest BCUT2D eigenvalue weighted by atomic mass is 14.9. The lowest BCUT2D eigenvalue weighted by Gasteiger charge is -2.43. The van der Waals surface area contributed by atoms with Gasteiger partial charge in [0.05, 0.1) is 5.69 Å². The van der Waals surface area contributed by atoms with Crippen molar-refractivity contribution in [3.05, 3.63) is 59.7 Å². The van der Waals surface area contributed by atoms with E-state index in [-0.39, 0.29) is 0 Å². The summed E-state index contributed by atoms with van der Waals surface area (Å²) in [6.07, 6.45) is 4.29. The molecular formula is C24H31N3. The van der Waals surface area contributed by atoms with Gasteiger partial charge in [0.1, 0.15) is 0 Å². The van der Waals surface area contributed by atoms with Crippen LogP contribution in [0.2, 0.25) is 0 Å². The molecule has 1 aliphatic carbocycles. The molecule has 0 radical (unpaired) electrons. The first-order valence-corrected chi connectivity index (χ1v) is 9.70. The zero-order chi connectivity index (χ0) is 19.6. The van der Waals surface area contributed by atoms with Crippen molar-refractivity contribution >= 4 is 29.0 Å². The topological polar surface area (TPSA) is 36.4 Å². The number of rotatable bonds is 6. The van der Waals surface area contributed by atoms with Crippen molar-refractivity contribution < 1.29 is 0 Å². The maximum absolute atomic E-state index is 4.53. The highest BCUT2D eigenvalue weighted by Gasteiger charge is 2.35. The average Bonchev–Trinajstić information content (AvgIpc) is 2.54. The maximum Gasteiger partial charge on any atom is 0.0723 e. The van der Waals surface area contributed by atoms with Crippen LogP contribution in [0, 0.1) is 19.3 Å². The third-order valence-electron chi connectivity index (χ3n) is 5.18. The number of aliphatic imine (C=N–C) groups is 1. The SMILES string of the molecule is C=C(Nc1ccc(NC2CC(C)(C)C2)cc1)c1c(C)cc(C)cc1N=CC. The van der Waals surface area contributed by atoms with Crippen molar-refractivity contribution in [1.82, 2.24) is 0 Å². The number of hydrogen-bond acceptors (Lipinski definition) is 3. The van der Waals surface area contributed by atoms with Crippen LogP contribution in [0.5, 0.6) is 0 Å². The molecule has 1 aliphatic rings. The lowest BCUT2D eigenvalue weighted by molar-refractivity contribution is 0.167. The van der Waals surface area contributed by atoms with Crippen LogP contribution in [0.25, 0.3) is 5.70 Å². The van der Waals surface area contributed by atoms with Crippen molar-refractivity contribution in [2.45, 2.75) is 53.5 Å². The molecule has 3 nitrogen and oxygen atoms in total. The summed E-state index contributed by atoms with van der Waals surface area (Å²) in [5.41, 5.74) is 7.98. The first-order chi connectivity index (χ1) is 12.8. The summed E-state index contributed by atoms with van der Waals surface area (Å²) in [5.74, 6) is 0. The van der Waals surface area contributed by atoms with Crippen LogP contribution in [0.4, 0.5) is 17.1 Å². The standard InChI is InChI=1S/C24H31N3/c1-7-25-22-13-16(2)12-17(3)23(22)18(4)26-19-8-10-20(11-9-19)27-21-14-24(5,6)15-21/h7-13,21,26-27H,4,14-15H2,1-3,5-6H3. The lowest BCUT2D eigenvalue weighted by atomic mass is 9.68. The molecule has 2 aromatic carbocycles. The second kappa shape index (κ2) is 7.59. The molecule has 0 saturated heterocycles. The van der Waals surface area contributed by atoms with E-state index < -0.39 is 0 Å². The van der Waals surface area contributed by atoms with Crippen molar-refractivity contribution in [3.63, 3.8) is 0 Å². The van der Waals surface area contributed by atoms with Crippen LogP contribution < -0.4 is 10.6 Å². The molecule has 1 fully saturated rings. The molecule has 27 heavy (non-hydrogen) atoms. The van der Waals surface area contributed by atoms with E-state index in [1.807, 2.05) is 13.1 Å². The quantitative estimate of drug-likeness (QED) is 0.561. The average molecular weight is 362 g/mol. The van der Waals surface area contributed by atoms with E-state index in [0.717, 1.165) is 22.6 Å². The summed E-state index contributed by atoms with van der Waals surface area (Å²) < 4.78 is 0. The summed E-state index contributed by atoms with van der Waals surface area (Å²) in [6.45, 7) is 15.1. The molecule has 0 amide bonds. The lowest BCUT2D eigenvalue weighted by Crippen LogP contribution is -2.41. The van der Waals surface area contributed by atoms with E-state index >= 15 is 0 Å². The molecular weight excluding hydrogens is 330 g/mol. The van der Waals surface area contributed by atoms with Crippen molar-refractivity contribution in [2.24, 2.45) is 10.4 Å². The van der Waals surface area contributed by atoms with Gasteiger partial charge in [0, 0.05) is 34.9 Å². The number of benzene rings is 2. The van der Waals surface area contributed by atoms with Crippen LogP contribution in [0.15, 0.2) is 48.0 Å². The molecule has 0 aliphatic heterocycles. The number of aryl methyl sites for hydroxylation is 2. The van der Waals surface area contributed by atoms with Gasteiger partial charge >= 0.3 is 0 Å². The molecule has 2 N–H and O–H groups in total. The molecule has 0 spiro atoms. The maximum atomic E-state index is 4.53. The Balaban J connectivity index is 1.70. The highest BCUT2D eigenvalue weighted by Crippen LogP contribution is 2.41. The third-order valence-corrected chi connectivity index (χ3v) is 5.18. The van der Waals surface area contributed by atoms with Gasteiger partial charge in [0.2, 0.25) is 0 Å². The summed E-state index contributed by atoms with van der Waals surface area (Å²) in [5, 5.41) is 7.06. The molecule has 3 rings (SSSR count). The van der Waals surface area contributed by atoms with Gasteiger partial charge in [-0.25, -0.2) is 0 Å². The van der Waals surface area contributed by atoms with Crippen LogP contribution in [-0.2, 0) is 0 Å². The molecule has 2 aromatic rings. The number of nitrogens with zero attached hydrogens (tertiary/aromatic N) is 1. The highest BCUT2D eigenvalue weighted by molar-refractivity contribution is 5.84. The fraction of sp³-hybridized carbons (Fsp3) is 0.375. The fourth-order valence-electron chi connectivity index (χ4n) is 4.08. The first-order valence-electron chi connectivity index (χ1n) is 9.70. The Labute approximate surface area is 163 Å². The van der Waals surface area contributed by atoms with E-state index in [0.29, 0.717) is 11.5 Å². The molecule has 0 aromatic heterocycles. The summed E-state index contributed by atoms with van der Waals surface area (Å²) in [7, 11) is 0. The Kier molecular flexibility index (Phi) is 5.41. The summed E-state index contributed by atoms with van der Waals surface area (Å²) in [4.78, 5) is 4.53. The van der Waals surface area contributed by atoms with Crippen molar-refractivity contribution in [2.75, 3.05) is 10.6 Å². The molecule has 0 atom stereocenters. The van der Waals surface area contributed by atoms with Crippen molar-refractivity contribution in [1.29, 1.82) is 0 Å². The number of anilines is 2. The molecule has 3 heteroatoms. The molecule has 0 bridgehead atoms. The Morgan fingerprint density at radius 3 is 2.33 bits per heavy atom. The van der Waals surface area contributed by atoms with Gasteiger partial charge < -0.3 is 10.6 Å². The van der Waals surface area contributed by atoms with Gasteiger partial charge in [-0.3, -0.25) is 4.99 Å². The largest absolute Gasteiger partial charge is 0.382 e. The predicted octanol–water partition coefficient (Wildman–Crippen LogP) is 6.71. The van der Waals surface area contributed by atoms with Gasteiger partial charge in [-0.1, -0.05) is 26.5 Å². The molecule has 142 valence electrons. The molecule has 1 saturated carbocycles. The summed E-state index contributed by atoms with van der Waals surface area (Å²) in [6, 6.07) is 13.3. The molecule has 0 unspecified atom stereocenters. The van der Waals surface area contributed by atoms with Gasteiger partial charge in [-0.2, -0.15) is 0 Å². The Morgan fingerprint density at radius 2 is 1.74 bits per heavy atom. The van der Waals surface area contributed by atoms with E-state index in [1.54, 1.807) is 0 Å². The van der Waals surface area contributed by atoms with E-state index in [9.17, 15) is 0 Å². The van der Waals surface area contributed by atoms with Crippen molar-refractivity contribution in [3.8, 4) is 0 Å². The van der Waals surface area contributed by atoms with E-state index in [4.69, 9.17) is 0 Å². The predicted molar refractivity (Wildman–Crippen MR) is 119 cm³/mol. The zero-order valence-corrected chi connectivity index (χ0v) is 17.2. The molecule has 0 heterocycles. The Morgan fingerprint density at radius 1 is 1.11 bits per heavy atom. The number of nitrogens with one attached hydrogen (secondary N) is 2. The van der Waals surface area contributed by atoms with Crippen LogP contribution in [0.3, 0.4) is 0 Å². The zero-order valence-electron chi connectivity index (χ0n) is 17.2. The smallest absolute Gasteiger partial charge is 0.0723 e. The fourth-order valence-corrected chi connectivity index (χ4v) is 4.08. The van der Waals surface area contributed by atoms with Gasteiger partial charge in [0.25, 0.3) is 0 Å². The van der Waals surface area contributed by atoms with Crippen LogP contribution >= 0.6 is 0 Å². The minimum absolute atomic E-state index is 0.488. The van der Waals surface area contributed by atoms with E-state index in [2.05, 4.69) is 86.3 Å². The van der Waals surface area contributed by atoms with Crippen LogP contribution in [0.1, 0.15) is 50.3 Å². The Hall–Kier alpha value is -2.55. The second-order valence-electron chi connectivity index (χ2n) is 8.46. The Bertz CT molecular complexity index is 852. The monoisotopic (exact) mass is 361 g/mol. The normalized spacial score (nSPS) is 16.2. The van der Waals surface area contributed by atoms with Gasteiger partial charge in [-0.15, -0.1) is 0 Å². The van der Waals surface area contributed by atoms with Gasteiger partial charge in [-0.05, 0) is 80.5 Å². The van der Waals surface area contributed by atoms with Gasteiger partial charge in [0.15, 0.2) is 0 Å².